The molecule has 1 heterocycles. The smallest absolute Gasteiger partial charge is 0.330 e. The summed E-state index contributed by atoms with van der Waals surface area (Å²) in [6.07, 6.45) is 0.972. The number of para-hydroxylation sites is 2. The number of carbonyl (C=O) groups excluding carboxylic acids is 1. The second kappa shape index (κ2) is 6.28. The quantitative estimate of drug-likeness (QED) is 0.618. The van der Waals surface area contributed by atoms with Crippen LogP contribution in [-0.2, 0) is 9.53 Å². The van der Waals surface area contributed by atoms with Gasteiger partial charge in [0.2, 0.25) is 0 Å². The summed E-state index contributed by atoms with van der Waals surface area (Å²) >= 11 is 1.77. The highest BCUT2D eigenvalue weighted by atomic mass is 32.2. The topological polar surface area (TPSA) is 29.5 Å². The number of nitrogens with zero attached hydrogens (tertiary/aromatic N) is 1. The average Bonchev–Trinajstić information content (AvgIpc) is 2.54. The van der Waals surface area contributed by atoms with Crippen molar-refractivity contribution < 1.29 is 9.53 Å². The molecule has 22 heavy (non-hydrogen) atoms. The highest BCUT2D eigenvalue weighted by molar-refractivity contribution is 7.99. The van der Waals surface area contributed by atoms with Gasteiger partial charge in [-0.3, -0.25) is 0 Å². The van der Waals surface area contributed by atoms with Crippen molar-refractivity contribution in [1.29, 1.82) is 0 Å². The minimum absolute atomic E-state index is 0.227. The number of hydrogen-bond donors (Lipinski definition) is 0. The maximum atomic E-state index is 11.4. The number of hydrogen-bond acceptors (Lipinski definition) is 4. The molecule has 0 saturated carbocycles. The summed E-state index contributed by atoms with van der Waals surface area (Å²) in [6.45, 7) is 5.94. The lowest BCUT2D eigenvalue weighted by Gasteiger charge is -2.34. The molecule has 3 nitrogen and oxygen atoms in total. The van der Waals surface area contributed by atoms with Gasteiger partial charge >= 0.3 is 5.97 Å². The van der Waals surface area contributed by atoms with Gasteiger partial charge in [-0.1, -0.05) is 42.6 Å². The Balaban J connectivity index is 1.92. The zero-order valence-electron chi connectivity index (χ0n) is 12.4. The van der Waals surface area contributed by atoms with Gasteiger partial charge in [0.05, 0.1) is 17.9 Å². The van der Waals surface area contributed by atoms with Gasteiger partial charge in [-0.05, 0) is 31.2 Å². The Morgan fingerprint density at radius 3 is 2.27 bits per heavy atom. The van der Waals surface area contributed by atoms with Gasteiger partial charge in [0, 0.05) is 15.9 Å². The van der Waals surface area contributed by atoms with Crippen molar-refractivity contribution in [2.24, 2.45) is 0 Å². The van der Waals surface area contributed by atoms with Crippen molar-refractivity contribution in [3.8, 4) is 0 Å². The van der Waals surface area contributed by atoms with Gasteiger partial charge in [0.25, 0.3) is 0 Å². The number of carbonyl (C=O) groups is 1. The molecule has 0 saturated heterocycles. The molecule has 0 amide bonds. The fraction of sp³-hybridized carbons (Fsp3) is 0.167. The summed E-state index contributed by atoms with van der Waals surface area (Å²) in [5.41, 5.74) is 2.29. The predicted octanol–water partition coefficient (Wildman–Crippen LogP) is 4.41. The Bertz CT molecular complexity index is 668. The van der Waals surface area contributed by atoms with E-state index in [4.69, 9.17) is 4.74 Å². The van der Waals surface area contributed by atoms with Crippen LogP contribution in [0.4, 0.5) is 11.4 Å². The molecule has 0 radical (unpaired) electrons. The van der Waals surface area contributed by atoms with E-state index in [0.717, 1.165) is 11.4 Å². The predicted molar refractivity (Wildman–Crippen MR) is 89.8 cm³/mol. The van der Waals surface area contributed by atoms with E-state index < -0.39 is 0 Å². The second-order valence-corrected chi connectivity index (χ2v) is 6.18. The summed E-state index contributed by atoms with van der Waals surface area (Å²) in [5, 5.41) is 0. The molecule has 0 N–H and O–H groups in total. The fourth-order valence-electron chi connectivity index (χ4n) is 2.52. The first kappa shape index (κ1) is 14.7. The molecule has 0 spiro atoms. The summed E-state index contributed by atoms with van der Waals surface area (Å²) in [4.78, 5) is 16.0. The lowest BCUT2D eigenvalue weighted by molar-refractivity contribution is -0.141. The Hall–Kier alpha value is -2.20. The first-order valence-electron chi connectivity index (χ1n) is 7.15. The first-order chi connectivity index (χ1) is 10.7. The molecule has 2 aromatic rings. The van der Waals surface area contributed by atoms with Crippen LogP contribution in [-0.4, -0.2) is 18.6 Å². The van der Waals surface area contributed by atoms with Crippen LogP contribution in [0.2, 0.25) is 0 Å². The largest absolute Gasteiger partial charge is 0.458 e. The summed E-state index contributed by atoms with van der Waals surface area (Å²) in [7, 11) is 0. The molecule has 1 aliphatic rings. The van der Waals surface area contributed by atoms with Crippen LogP contribution in [0.1, 0.15) is 6.92 Å². The van der Waals surface area contributed by atoms with E-state index in [1.807, 2.05) is 31.2 Å². The number of fused-ring (bicyclic) bond motifs is 2. The van der Waals surface area contributed by atoms with Crippen molar-refractivity contribution in [2.45, 2.75) is 22.8 Å². The van der Waals surface area contributed by atoms with Crippen LogP contribution in [0.5, 0.6) is 0 Å². The third-order valence-electron chi connectivity index (χ3n) is 3.46. The molecule has 1 aliphatic heterocycles. The fourth-order valence-corrected chi connectivity index (χ4v) is 3.61. The van der Waals surface area contributed by atoms with E-state index >= 15 is 0 Å². The second-order valence-electron chi connectivity index (χ2n) is 5.10. The van der Waals surface area contributed by atoms with E-state index in [1.165, 1.54) is 15.9 Å². The maximum absolute atomic E-state index is 11.4. The first-order valence-corrected chi connectivity index (χ1v) is 7.97. The number of ether oxygens (including phenoxy) is 1. The molecule has 0 fully saturated rings. The summed E-state index contributed by atoms with van der Waals surface area (Å²) < 4.78 is 5.33. The Morgan fingerprint density at radius 1 is 1.18 bits per heavy atom. The highest BCUT2D eigenvalue weighted by Gasteiger charge is 2.24. The summed E-state index contributed by atoms with van der Waals surface area (Å²) in [5.74, 6) is -0.388. The van der Waals surface area contributed by atoms with Crippen LogP contribution < -0.4 is 4.90 Å². The molecule has 1 unspecified atom stereocenters. The van der Waals surface area contributed by atoms with Crippen molar-refractivity contribution >= 4 is 29.1 Å². The zero-order chi connectivity index (χ0) is 15.5. The van der Waals surface area contributed by atoms with E-state index in [0.29, 0.717) is 6.54 Å². The van der Waals surface area contributed by atoms with Crippen molar-refractivity contribution in [1.82, 2.24) is 0 Å². The van der Waals surface area contributed by atoms with Gasteiger partial charge < -0.3 is 9.64 Å². The molecule has 112 valence electrons. The Morgan fingerprint density at radius 2 is 1.73 bits per heavy atom. The van der Waals surface area contributed by atoms with Gasteiger partial charge in [-0.25, -0.2) is 4.79 Å². The Labute approximate surface area is 134 Å². The normalized spacial score (nSPS) is 13.8. The van der Waals surface area contributed by atoms with Crippen LogP contribution in [0, 0.1) is 0 Å². The molecular weight excluding hydrogens is 294 g/mol. The van der Waals surface area contributed by atoms with Gasteiger partial charge in [-0.2, -0.15) is 0 Å². The van der Waals surface area contributed by atoms with Crippen molar-refractivity contribution in [3.63, 3.8) is 0 Å². The maximum Gasteiger partial charge on any atom is 0.330 e. The number of benzene rings is 2. The van der Waals surface area contributed by atoms with Crippen LogP contribution in [0.25, 0.3) is 0 Å². The van der Waals surface area contributed by atoms with Crippen molar-refractivity contribution in [3.05, 3.63) is 61.2 Å². The highest BCUT2D eigenvalue weighted by Crippen LogP contribution is 2.47. The van der Waals surface area contributed by atoms with E-state index in [9.17, 15) is 4.79 Å². The van der Waals surface area contributed by atoms with Gasteiger partial charge in [0.15, 0.2) is 0 Å². The molecule has 0 aromatic heterocycles. The Kier molecular flexibility index (Phi) is 4.20. The van der Waals surface area contributed by atoms with E-state index in [2.05, 4.69) is 35.7 Å². The standard InChI is InChI=1S/C18H17NO2S/c1-3-18(20)21-13(2)12-19-14-8-4-6-10-16(14)22-17-11-7-5-9-15(17)19/h3-11,13H,1,12H2,2H3. The molecule has 0 aliphatic carbocycles. The number of esters is 1. The molecular formula is C18H17NO2S. The van der Waals surface area contributed by atoms with Crippen LogP contribution in [0.3, 0.4) is 0 Å². The molecule has 3 rings (SSSR count). The average molecular weight is 311 g/mol. The lowest BCUT2D eigenvalue weighted by atomic mass is 10.2. The van der Waals surface area contributed by atoms with Crippen molar-refractivity contribution in [2.75, 3.05) is 11.4 Å². The third kappa shape index (κ3) is 2.88. The van der Waals surface area contributed by atoms with Crippen LogP contribution in [0.15, 0.2) is 71.0 Å². The molecule has 2 aromatic carbocycles. The number of rotatable bonds is 4. The molecule has 1 atom stereocenters. The van der Waals surface area contributed by atoms with E-state index in [1.54, 1.807) is 11.8 Å². The van der Waals surface area contributed by atoms with Gasteiger partial charge in [-0.15, -0.1) is 0 Å². The minimum atomic E-state index is -0.388. The van der Waals surface area contributed by atoms with Crippen LogP contribution >= 0.6 is 11.8 Å². The monoisotopic (exact) mass is 311 g/mol. The SMILES string of the molecule is C=CC(=O)OC(C)CN1c2ccccc2Sc2ccccc21. The zero-order valence-corrected chi connectivity index (χ0v) is 13.2. The lowest BCUT2D eigenvalue weighted by Crippen LogP contribution is -2.31. The molecule has 4 heteroatoms. The van der Waals surface area contributed by atoms with E-state index in [-0.39, 0.29) is 12.1 Å². The minimum Gasteiger partial charge on any atom is -0.458 e. The van der Waals surface area contributed by atoms with Gasteiger partial charge in [0.1, 0.15) is 6.10 Å². The summed E-state index contributed by atoms with van der Waals surface area (Å²) in [6, 6.07) is 16.6. The molecule has 0 bridgehead atoms. The third-order valence-corrected chi connectivity index (χ3v) is 4.59. The number of anilines is 2.